The minimum Gasteiger partial charge on any atom is -0.387 e. The first-order valence-corrected chi connectivity index (χ1v) is 6.56. The molecule has 2 unspecified atom stereocenters. The van der Waals surface area contributed by atoms with Crippen LogP contribution in [0.5, 0.6) is 0 Å². The summed E-state index contributed by atoms with van der Waals surface area (Å²) in [6.07, 6.45) is -0.326. The summed E-state index contributed by atoms with van der Waals surface area (Å²) in [5.41, 5.74) is 0.322. The Morgan fingerprint density at radius 2 is 2.00 bits per heavy atom. The molecule has 0 aromatic heterocycles. The quantitative estimate of drug-likeness (QED) is 0.666. The number of benzene rings is 1. The average molecular weight is 286 g/mol. The lowest BCUT2D eigenvalue weighted by Crippen LogP contribution is -2.39. The number of rotatable bonds is 7. The van der Waals surface area contributed by atoms with Crippen LogP contribution in [0.25, 0.3) is 0 Å². The van der Waals surface area contributed by atoms with Crippen LogP contribution in [0, 0.1) is 11.6 Å². The molecule has 112 valence electrons. The van der Waals surface area contributed by atoms with Crippen molar-refractivity contribution in [3.8, 4) is 0 Å². The third kappa shape index (κ3) is 4.86. The fraction of sp³-hybridized carbons (Fsp3) is 0.500. The second kappa shape index (κ2) is 7.91. The van der Waals surface area contributed by atoms with E-state index in [-0.39, 0.29) is 11.9 Å². The van der Waals surface area contributed by atoms with Crippen LogP contribution in [0.15, 0.2) is 18.2 Å². The summed E-state index contributed by atoms with van der Waals surface area (Å²) in [5.74, 6) is -2.04. The van der Waals surface area contributed by atoms with Gasteiger partial charge in [-0.05, 0) is 24.1 Å². The van der Waals surface area contributed by atoms with Gasteiger partial charge in [-0.15, -0.1) is 0 Å². The Hall–Kier alpha value is -1.53. The van der Waals surface area contributed by atoms with E-state index in [1.54, 1.807) is 0 Å². The predicted octanol–water partition coefficient (Wildman–Crippen LogP) is 1.50. The van der Waals surface area contributed by atoms with Gasteiger partial charge in [0.2, 0.25) is 5.91 Å². The number of amides is 1. The monoisotopic (exact) mass is 286 g/mol. The zero-order valence-corrected chi connectivity index (χ0v) is 11.6. The molecule has 0 aliphatic rings. The largest absolute Gasteiger partial charge is 0.387 e. The second-order valence-corrected chi connectivity index (χ2v) is 4.57. The van der Waals surface area contributed by atoms with Gasteiger partial charge in [-0.2, -0.15) is 0 Å². The minimum absolute atomic E-state index is 0.124. The van der Waals surface area contributed by atoms with Gasteiger partial charge >= 0.3 is 0 Å². The van der Waals surface area contributed by atoms with Crippen molar-refractivity contribution in [1.82, 2.24) is 10.6 Å². The predicted molar refractivity (Wildman–Crippen MR) is 72.1 cm³/mol. The fourth-order valence-corrected chi connectivity index (χ4v) is 1.90. The van der Waals surface area contributed by atoms with Gasteiger partial charge < -0.3 is 15.7 Å². The van der Waals surface area contributed by atoms with E-state index in [4.69, 9.17) is 0 Å². The number of halogens is 2. The number of hydrogen-bond donors (Lipinski definition) is 3. The molecule has 4 nitrogen and oxygen atoms in total. The van der Waals surface area contributed by atoms with Crippen LogP contribution in [0.1, 0.15) is 31.9 Å². The maximum Gasteiger partial charge on any atom is 0.216 e. The molecule has 0 bridgehead atoms. The van der Waals surface area contributed by atoms with Gasteiger partial charge in [0.25, 0.3) is 0 Å². The van der Waals surface area contributed by atoms with Gasteiger partial charge in [-0.25, -0.2) is 8.78 Å². The van der Waals surface area contributed by atoms with E-state index in [9.17, 15) is 18.7 Å². The van der Waals surface area contributed by atoms with Crippen LogP contribution >= 0.6 is 0 Å². The molecule has 0 saturated heterocycles. The molecule has 0 spiro atoms. The summed E-state index contributed by atoms with van der Waals surface area (Å²) in [4.78, 5) is 10.7. The van der Waals surface area contributed by atoms with E-state index in [1.165, 1.54) is 13.0 Å². The summed E-state index contributed by atoms with van der Waals surface area (Å²) in [6, 6.07) is 3.06. The highest BCUT2D eigenvalue weighted by atomic mass is 19.2. The third-order valence-electron chi connectivity index (χ3n) is 3.01. The molecule has 0 radical (unpaired) electrons. The SMILES string of the molecule is CCC(NCCNC(C)=O)C(O)c1ccc(F)c(F)c1. The Kier molecular flexibility index (Phi) is 6.54. The molecule has 0 heterocycles. The van der Waals surface area contributed by atoms with E-state index < -0.39 is 17.7 Å². The summed E-state index contributed by atoms with van der Waals surface area (Å²) in [7, 11) is 0. The zero-order chi connectivity index (χ0) is 15.1. The van der Waals surface area contributed by atoms with Crippen molar-refractivity contribution in [3.05, 3.63) is 35.4 Å². The lowest BCUT2D eigenvalue weighted by atomic mass is 10.00. The maximum absolute atomic E-state index is 13.1. The molecular formula is C14H20F2N2O2. The topological polar surface area (TPSA) is 61.4 Å². The highest BCUT2D eigenvalue weighted by Gasteiger charge is 2.19. The summed E-state index contributed by atoms with van der Waals surface area (Å²) in [6.45, 7) is 4.22. The third-order valence-corrected chi connectivity index (χ3v) is 3.01. The molecule has 6 heteroatoms. The molecule has 0 fully saturated rings. The Morgan fingerprint density at radius 3 is 2.55 bits per heavy atom. The molecular weight excluding hydrogens is 266 g/mol. The Labute approximate surface area is 117 Å². The summed E-state index contributed by atoms with van der Waals surface area (Å²) >= 11 is 0. The molecule has 20 heavy (non-hydrogen) atoms. The maximum atomic E-state index is 13.1. The Bertz CT molecular complexity index is 455. The lowest BCUT2D eigenvalue weighted by molar-refractivity contribution is -0.118. The van der Waals surface area contributed by atoms with Gasteiger partial charge in [-0.1, -0.05) is 13.0 Å². The number of aliphatic hydroxyl groups is 1. The minimum atomic E-state index is -0.977. The van der Waals surface area contributed by atoms with Crippen molar-refractivity contribution in [2.24, 2.45) is 0 Å². The molecule has 0 aliphatic heterocycles. The van der Waals surface area contributed by atoms with Crippen molar-refractivity contribution >= 4 is 5.91 Å². The van der Waals surface area contributed by atoms with Crippen molar-refractivity contribution < 1.29 is 18.7 Å². The smallest absolute Gasteiger partial charge is 0.216 e. The second-order valence-electron chi connectivity index (χ2n) is 4.57. The molecule has 1 aromatic carbocycles. The standard InChI is InChI=1S/C14H20F2N2O2/c1-3-13(18-7-6-17-9(2)19)14(20)10-4-5-11(15)12(16)8-10/h4-5,8,13-14,18,20H,3,6-7H2,1-2H3,(H,17,19). The van der Waals surface area contributed by atoms with Crippen molar-refractivity contribution in [1.29, 1.82) is 0 Å². The first-order chi connectivity index (χ1) is 9.45. The molecule has 0 saturated carbocycles. The highest BCUT2D eigenvalue weighted by Crippen LogP contribution is 2.20. The molecule has 3 N–H and O–H groups in total. The van der Waals surface area contributed by atoms with Crippen molar-refractivity contribution in [3.63, 3.8) is 0 Å². The van der Waals surface area contributed by atoms with Gasteiger partial charge in [0.1, 0.15) is 0 Å². The lowest BCUT2D eigenvalue weighted by Gasteiger charge is -2.23. The van der Waals surface area contributed by atoms with Crippen molar-refractivity contribution in [2.75, 3.05) is 13.1 Å². The molecule has 1 rings (SSSR count). The normalized spacial score (nSPS) is 13.8. The van der Waals surface area contributed by atoms with E-state index >= 15 is 0 Å². The van der Waals surface area contributed by atoms with Gasteiger partial charge in [0, 0.05) is 26.1 Å². The zero-order valence-electron chi connectivity index (χ0n) is 11.6. The van der Waals surface area contributed by atoms with Crippen LogP contribution in [-0.2, 0) is 4.79 Å². The number of nitrogens with one attached hydrogen (secondary N) is 2. The van der Waals surface area contributed by atoms with E-state index in [1.807, 2.05) is 6.92 Å². The van der Waals surface area contributed by atoms with Crippen LogP contribution in [0.2, 0.25) is 0 Å². The summed E-state index contributed by atoms with van der Waals surface area (Å²) in [5, 5.41) is 15.9. The Balaban J connectivity index is 2.59. The average Bonchev–Trinajstić information content (AvgIpc) is 2.41. The van der Waals surface area contributed by atoms with E-state index in [0.717, 1.165) is 12.1 Å². The molecule has 0 aliphatic carbocycles. The van der Waals surface area contributed by atoms with Crippen molar-refractivity contribution in [2.45, 2.75) is 32.4 Å². The first-order valence-electron chi connectivity index (χ1n) is 6.56. The highest BCUT2D eigenvalue weighted by molar-refractivity contribution is 5.72. The molecule has 2 atom stereocenters. The number of aliphatic hydroxyl groups excluding tert-OH is 1. The van der Waals surface area contributed by atoms with Gasteiger partial charge in [0.05, 0.1) is 6.10 Å². The number of carbonyl (C=O) groups is 1. The van der Waals surface area contributed by atoms with Crippen LogP contribution in [0.4, 0.5) is 8.78 Å². The number of carbonyl (C=O) groups excluding carboxylic acids is 1. The van der Waals surface area contributed by atoms with E-state index in [0.29, 0.717) is 25.1 Å². The summed E-state index contributed by atoms with van der Waals surface area (Å²) < 4.78 is 26.0. The van der Waals surface area contributed by atoms with Gasteiger partial charge in [-0.3, -0.25) is 4.79 Å². The number of hydrogen-bond acceptors (Lipinski definition) is 3. The fourth-order valence-electron chi connectivity index (χ4n) is 1.90. The van der Waals surface area contributed by atoms with E-state index in [2.05, 4.69) is 10.6 Å². The van der Waals surface area contributed by atoms with Crippen LogP contribution < -0.4 is 10.6 Å². The Morgan fingerprint density at radius 1 is 1.30 bits per heavy atom. The van der Waals surface area contributed by atoms with Crippen LogP contribution in [0.3, 0.4) is 0 Å². The first kappa shape index (κ1) is 16.5. The molecule has 1 amide bonds. The van der Waals surface area contributed by atoms with Gasteiger partial charge in [0.15, 0.2) is 11.6 Å². The molecule has 1 aromatic rings. The van der Waals surface area contributed by atoms with Crippen LogP contribution in [-0.4, -0.2) is 30.1 Å².